The summed E-state index contributed by atoms with van der Waals surface area (Å²) in [6.45, 7) is -1.11. The summed E-state index contributed by atoms with van der Waals surface area (Å²) in [5, 5.41) is 10.1. The van der Waals surface area contributed by atoms with Gasteiger partial charge < -0.3 is 5.32 Å². The highest BCUT2D eigenvalue weighted by atomic mass is 35.5. The predicted octanol–water partition coefficient (Wildman–Crippen LogP) is 8.24. The van der Waals surface area contributed by atoms with Gasteiger partial charge in [-0.1, -0.05) is 17.7 Å². The summed E-state index contributed by atoms with van der Waals surface area (Å²) in [5.41, 5.74) is -6.16. The zero-order chi connectivity index (χ0) is 47.5. The van der Waals surface area contributed by atoms with Crippen LogP contribution in [-0.2, 0) is 46.9 Å². The monoisotopic (exact) mass is 967 g/mol. The first-order chi connectivity index (χ1) is 30.9. The molecule has 25 heteroatoms. The van der Waals surface area contributed by atoms with Gasteiger partial charge in [-0.25, -0.2) is 40.3 Å². The number of benzene rings is 3. The van der Waals surface area contributed by atoms with E-state index in [9.17, 15) is 53.1 Å². The molecule has 344 valence electrons. The Bertz CT molecular complexity index is 3360. The second-order valence-electron chi connectivity index (χ2n) is 15.8. The predicted molar refractivity (Wildman–Crippen MR) is 216 cm³/mol. The number of hydrogen-bond donors (Lipinski definition) is 2. The van der Waals surface area contributed by atoms with Crippen LogP contribution in [0.2, 0.25) is 5.02 Å². The highest BCUT2D eigenvalue weighted by Crippen LogP contribution is 2.68. The fraction of sp³-hybridized carbons (Fsp3) is 0.268. The lowest BCUT2D eigenvalue weighted by atomic mass is 10.0. The molecule has 2 aliphatic rings. The third kappa shape index (κ3) is 7.77. The summed E-state index contributed by atoms with van der Waals surface area (Å²) in [5.74, 6) is -11.6. The van der Waals surface area contributed by atoms with Crippen LogP contribution < -0.4 is 15.6 Å². The normalized spacial score (nSPS) is 17.1. The molecule has 13 nitrogen and oxygen atoms in total. The molecule has 0 bridgehead atoms. The highest BCUT2D eigenvalue weighted by Gasteiger charge is 2.67. The quantitative estimate of drug-likeness (QED) is 0.123. The van der Waals surface area contributed by atoms with Crippen molar-refractivity contribution in [1.29, 1.82) is 0 Å². The van der Waals surface area contributed by atoms with Crippen LogP contribution in [0.25, 0.3) is 38.8 Å². The molecule has 0 radical (unpaired) electrons. The van der Waals surface area contributed by atoms with Gasteiger partial charge in [-0.3, -0.25) is 28.2 Å². The van der Waals surface area contributed by atoms with Crippen LogP contribution >= 0.6 is 11.6 Å². The summed E-state index contributed by atoms with van der Waals surface area (Å²) in [6.07, 6.45) is -8.36. The first-order valence-corrected chi connectivity index (χ1v) is 21.6. The van der Waals surface area contributed by atoms with Crippen LogP contribution in [0.4, 0.5) is 49.7 Å². The molecule has 1 amide bonds. The minimum Gasteiger partial charge on any atom is -0.344 e. The van der Waals surface area contributed by atoms with Crippen LogP contribution in [0, 0.1) is 23.4 Å². The number of amides is 1. The van der Waals surface area contributed by atoms with E-state index in [0.717, 1.165) is 45.8 Å². The van der Waals surface area contributed by atoms with Gasteiger partial charge in [0.05, 0.1) is 50.5 Å². The summed E-state index contributed by atoms with van der Waals surface area (Å²) in [4.78, 5) is 37.2. The lowest BCUT2D eigenvalue weighted by molar-refractivity contribution is -0.143. The Hall–Kier alpha value is -6.56. The van der Waals surface area contributed by atoms with Crippen molar-refractivity contribution in [1.82, 2.24) is 39.4 Å². The number of anilines is 1. The number of sulfonamides is 1. The smallest absolute Gasteiger partial charge is 0.344 e. The first-order valence-electron chi connectivity index (χ1n) is 19.4. The molecule has 2 aliphatic carbocycles. The van der Waals surface area contributed by atoms with E-state index in [2.05, 4.69) is 30.2 Å². The lowest BCUT2D eigenvalue weighted by Crippen LogP contribution is -2.38. The molecule has 1 fully saturated rings. The average Bonchev–Trinajstić information content (AvgIpc) is 3.75. The van der Waals surface area contributed by atoms with Crippen LogP contribution in [0.3, 0.4) is 0 Å². The number of hydrogen-bond acceptors (Lipinski definition) is 8. The van der Waals surface area contributed by atoms with Gasteiger partial charge in [0.1, 0.15) is 35.4 Å². The Morgan fingerprint density at radius 3 is 2.36 bits per heavy atom. The number of nitrogens with zero attached hydrogens (tertiary/aromatic N) is 7. The molecule has 0 spiro atoms. The van der Waals surface area contributed by atoms with Crippen LogP contribution in [-0.4, -0.2) is 54.7 Å². The fourth-order valence-electron chi connectivity index (χ4n) is 8.54. The number of fused-ring (bicyclic) bond motifs is 5. The number of alkyl halides is 7. The Morgan fingerprint density at radius 1 is 0.985 bits per heavy atom. The maximum absolute atomic E-state index is 15.5. The van der Waals surface area contributed by atoms with Gasteiger partial charge >= 0.3 is 6.18 Å². The molecule has 7 aromatic rings. The van der Waals surface area contributed by atoms with Crippen molar-refractivity contribution in [2.45, 2.75) is 49.9 Å². The van der Waals surface area contributed by atoms with Crippen LogP contribution in [0.5, 0.6) is 0 Å². The van der Waals surface area contributed by atoms with E-state index < -0.39 is 117 Å². The molecule has 66 heavy (non-hydrogen) atoms. The molecular weight excluding hydrogens is 940 g/mol. The number of nitrogens with one attached hydrogen (secondary N) is 2. The maximum Gasteiger partial charge on any atom is 0.436 e. The van der Waals surface area contributed by atoms with Crippen molar-refractivity contribution < 1.29 is 57.1 Å². The Kier molecular flexibility index (Phi) is 10.5. The second kappa shape index (κ2) is 15.5. The van der Waals surface area contributed by atoms with E-state index >= 15 is 8.78 Å². The molecule has 0 aliphatic heterocycles. The van der Waals surface area contributed by atoms with Crippen LogP contribution in [0.15, 0.2) is 65.5 Å². The minimum absolute atomic E-state index is 0.0285. The highest BCUT2D eigenvalue weighted by molar-refractivity contribution is 7.92. The standard InChI is InChI=1S/C41H28ClF10N9O4S/c1-59-33-28(8-5-23(42)31(33)37(57-59)58-66(2,64)65)61-38(55-26-12-17(3-4-20(26)39(61)63)25-7-6-24(45)34(54-25)41(50,51)52)27(11-16-9-18(43)13-19(44)10-16)53-29(62)15-60-35-30(32(56-60)36(46)47)21-14-22(21)40(35,48)49/h3-10,12-13,21-22,27,36H,11,14-15H2,1-2H3,(H,53,62)(H,57,58)/t21-,22+,27-/m0/s1. The maximum atomic E-state index is 15.5. The zero-order valence-electron chi connectivity index (χ0n) is 33.5. The van der Waals surface area contributed by atoms with Crippen LogP contribution in [0.1, 0.15) is 58.8 Å². The number of carbonyl (C=O) groups excluding carboxylic acids is 1. The van der Waals surface area contributed by atoms with Gasteiger partial charge in [0.15, 0.2) is 17.3 Å². The van der Waals surface area contributed by atoms with E-state index in [0.29, 0.717) is 16.8 Å². The van der Waals surface area contributed by atoms with Crippen molar-refractivity contribution in [3.05, 3.63) is 128 Å². The number of aromatic nitrogens is 7. The van der Waals surface area contributed by atoms with E-state index in [1.165, 1.54) is 25.2 Å². The largest absolute Gasteiger partial charge is 0.436 e. The third-order valence-corrected chi connectivity index (χ3v) is 12.1. The SMILES string of the molecule is Cn1nc(NS(C)(=O)=O)c2c(Cl)ccc(-n3c([C@H](Cc4cc(F)cc(F)c4)NC(=O)Cn4nc(C(F)F)c5c4C(F)(F)[C@@H]4C[C@H]54)nc4cc(-c5ccc(F)c(C(F)(F)F)n5)ccc4c3=O)c21. The molecule has 9 rings (SSSR count). The third-order valence-electron chi connectivity index (χ3n) is 11.2. The molecule has 0 unspecified atom stereocenters. The Balaban J connectivity index is 1.27. The van der Waals surface area contributed by atoms with Gasteiger partial charge in [-0.05, 0) is 66.4 Å². The fourth-order valence-corrected chi connectivity index (χ4v) is 9.28. The molecule has 4 aromatic heterocycles. The molecule has 4 heterocycles. The van der Waals surface area contributed by atoms with Crippen molar-refractivity contribution in [2.75, 3.05) is 11.0 Å². The molecule has 3 aromatic carbocycles. The average molecular weight is 968 g/mol. The van der Waals surface area contributed by atoms with Crippen molar-refractivity contribution in [3.8, 4) is 16.9 Å². The van der Waals surface area contributed by atoms with Gasteiger partial charge in [0.25, 0.3) is 17.9 Å². The number of rotatable bonds is 11. The topological polar surface area (TPSA) is 159 Å². The molecule has 1 saturated carbocycles. The Labute approximate surface area is 369 Å². The zero-order valence-corrected chi connectivity index (χ0v) is 35.1. The minimum atomic E-state index is -5.21. The molecule has 0 saturated heterocycles. The van der Waals surface area contributed by atoms with Crippen molar-refractivity contribution in [2.24, 2.45) is 13.0 Å². The summed E-state index contributed by atoms with van der Waals surface area (Å²) >= 11 is 6.57. The number of halogens is 11. The summed E-state index contributed by atoms with van der Waals surface area (Å²) in [7, 11) is -2.65. The van der Waals surface area contributed by atoms with Crippen molar-refractivity contribution in [3.63, 3.8) is 0 Å². The summed E-state index contributed by atoms with van der Waals surface area (Å²) < 4.78 is 174. The molecule has 3 atom stereocenters. The van der Waals surface area contributed by atoms with Gasteiger partial charge in [-0.2, -0.15) is 32.1 Å². The first kappa shape index (κ1) is 44.6. The van der Waals surface area contributed by atoms with Gasteiger partial charge in [0.2, 0.25) is 15.9 Å². The molecule has 2 N–H and O–H groups in total. The number of pyridine rings is 1. The second-order valence-corrected chi connectivity index (χ2v) is 17.9. The Morgan fingerprint density at radius 2 is 1.70 bits per heavy atom. The van der Waals surface area contributed by atoms with E-state index in [1.54, 1.807) is 0 Å². The lowest BCUT2D eigenvalue weighted by Gasteiger charge is -2.24. The summed E-state index contributed by atoms with van der Waals surface area (Å²) in [6, 6.07) is 8.03. The van der Waals surface area contributed by atoms with E-state index in [-0.39, 0.29) is 61.4 Å². The van der Waals surface area contributed by atoms with Gasteiger partial charge in [-0.15, -0.1) is 0 Å². The number of carbonyl (C=O) groups is 1. The van der Waals surface area contributed by atoms with E-state index in [1.807, 2.05) is 0 Å². The molecular formula is C41H28ClF10N9O4S. The van der Waals surface area contributed by atoms with Crippen molar-refractivity contribution >= 4 is 55.2 Å². The number of aryl methyl sites for hydroxylation is 1. The van der Waals surface area contributed by atoms with E-state index in [4.69, 9.17) is 11.6 Å². The van der Waals surface area contributed by atoms with Gasteiger partial charge in [0, 0.05) is 36.6 Å².